The zero-order valence-corrected chi connectivity index (χ0v) is 15.7. The molecule has 1 aromatic carbocycles. The van der Waals surface area contributed by atoms with Crippen molar-refractivity contribution in [1.29, 1.82) is 0 Å². The highest BCUT2D eigenvalue weighted by Gasteiger charge is 2.53. The summed E-state index contributed by atoms with van der Waals surface area (Å²) in [4.78, 5) is 26.0. The summed E-state index contributed by atoms with van der Waals surface area (Å²) in [5.41, 5.74) is 2.53. The summed E-state index contributed by atoms with van der Waals surface area (Å²) < 4.78 is 5.00. The van der Waals surface area contributed by atoms with Crippen LogP contribution >= 0.6 is 0 Å². The monoisotopic (exact) mass is 356 g/mol. The molecule has 2 aliphatic heterocycles. The standard InChI is InChI=1S/C21H28N2O3/c1-14(2)16-4-3-5-17(10-16)15-6-8-23(9-7-15)19(24)18-11-21(12-18)13-26-20(25)22-21/h3-5,10,14-15,18H,6-9,11-13H2,1-2H3,(H,22,25)/t18-,21+. The van der Waals surface area contributed by atoms with Crippen molar-refractivity contribution in [2.75, 3.05) is 19.7 Å². The van der Waals surface area contributed by atoms with E-state index in [1.807, 2.05) is 4.90 Å². The van der Waals surface area contributed by atoms with E-state index >= 15 is 0 Å². The van der Waals surface area contributed by atoms with Crippen LogP contribution in [-0.4, -0.2) is 42.1 Å². The second kappa shape index (κ2) is 6.60. The number of carbonyl (C=O) groups is 2. The van der Waals surface area contributed by atoms with Crippen molar-refractivity contribution in [2.45, 2.75) is 56.9 Å². The van der Waals surface area contributed by atoms with Gasteiger partial charge in [0.25, 0.3) is 0 Å². The molecule has 0 aromatic heterocycles. The fourth-order valence-electron chi connectivity index (χ4n) is 4.63. The summed E-state index contributed by atoms with van der Waals surface area (Å²) in [5.74, 6) is 1.39. The fraction of sp³-hybridized carbons (Fsp3) is 0.619. The molecule has 1 spiro atoms. The summed E-state index contributed by atoms with van der Waals surface area (Å²) in [6.07, 6.45) is 3.15. The number of ether oxygens (including phenoxy) is 1. The lowest BCUT2D eigenvalue weighted by Crippen LogP contribution is -2.58. The topological polar surface area (TPSA) is 58.6 Å². The van der Waals surface area contributed by atoms with E-state index in [1.54, 1.807) is 0 Å². The van der Waals surface area contributed by atoms with Crippen molar-refractivity contribution in [3.63, 3.8) is 0 Å². The van der Waals surface area contributed by atoms with Crippen LogP contribution in [0.2, 0.25) is 0 Å². The van der Waals surface area contributed by atoms with E-state index in [1.165, 1.54) is 11.1 Å². The lowest BCUT2D eigenvalue weighted by atomic mass is 9.68. The number of likely N-dealkylation sites (tertiary alicyclic amines) is 1. The molecule has 1 aliphatic carbocycles. The Hall–Kier alpha value is -2.04. The van der Waals surface area contributed by atoms with Gasteiger partial charge in [-0.15, -0.1) is 0 Å². The van der Waals surface area contributed by atoms with E-state index in [-0.39, 0.29) is 23.5 Å². The molecule has 26 heavy (non-hydrogen) atoms. The summed E-state index contributed by atoms with van der Waals surface area (Å²) >= 11 is 0. The molecule has 5 heteroatoms. The molecule has 140 valence electrons. The molecule has 3 aliphatic rings. The molecule has 0 atom stereocenters. The Morgan fingerprint density at radius 1 is 1.27 bits per heavy atom. The number of hydrogen-bond donors (Lipinski definition) is 1. The Balaban J connectivity index is 1.31. The van der Waals surface area contributed by atoms with Gasteiger partial charge < -0.3 is 15.0 Å². The van der Waals surface area contributed by atoms with Crippen molar-refractivity contribution in [2.24, 2.45) is 5.92 Å². The maximum atomic E-state index is 12.8. The number of hydrogen-bond acceptors (Lipinski definition) is 3. The van der Waals surface area contributed by atoms with Gasteiger partial charge in [-0.25, -0.2) is 4.79 Å². The summed E-state index contributed by atoms with van der Waals surface area (Å²) in [6.45, 7) is 6.53. The zero-order valence-electron chi connectivity index (χ0n) is 15.7. The number of cyclic esters (lactones) is 1. The number of rotatable bonds is 3. The van der Waals surface area contributed by atoms with Crippen LogP contribution in [-0.2, 0) is 9.53 Å². The normalized spacial score (nSPS) is 28.8. The summed E-state index contributed by atoms with van der Waals surface area (Å²) in [5, 5.41) is 2.87. The maximum Gasteiger partial charge on any atom is 0.407 e. The minimum Gasteiger partial charge on any atom is -0.447 e. The van der Waals surface area contributed by atoms with Gasteiger partial charge in [-0.1, -0.05) is 38.1 Å². The minimum atomic E-state index is -0.347. The fourth-order valence-corrected chi connectivity index (χ4v) is 4.63. The third-order valence-electron chi connectivity index (χ3n) is 6.33. The van der Waals surface area contributed by atoms with Crippen LogP contribution < -0.4 is 5.32 Å². The molecular weight excluding hydrogens is 328 g/mol. The average Bonchev–Trinajstić information content (AvgIpc) is 3.02. The van der Waals surface area contributed by atoms with Gasteiger partial charge in [-0.3, -0.25) is 4.79 Å². The molecule has 1 N–H and O–H groups in total. The Kier molecular flexibility index (Phi) is 4.41. The van der Waals surface area contributed by atoms with Crippen molar-refractivity contribution in [3.05, 3.63) is 35.4 Å². The second-order valence-corrected chi connectivity index (χ2v) is 8.51. The highest BCUT2D eigenvalue weighted by atomic mass is 16.6. The number of nitrogens with one attached hydrogen (secondary N) is 1. The molecule has 0 radical (unpaired) electrons. The molecule has 1 saturated carbocycles. The van der Waals surface area contributed by atoms with Crippen LogP contribution in [0.1, 0.15) is 62.5 Å². The van der Waals surface area contributed by atoms with Gasteiger partial charge in [0.1, 0.15) is 6.61 Å². The van der Waals surface area contributed by atoms with Crippen LogP contribution in [0.3, 0.4) is 0 Å². The Bertz CT molecular complexity index is 701. The smallest absolute Gasteiger partial charge is 0.407 e. The van der Waals surface area contributed by atoms with E-state index in [9.17, 15) is 9.59 Å². The Labute approximate surface area is 155 Å². The van der Waals surface area contributed by atoms with Crippen LogP contribution in [0, 0.1) is 5.92 Å². The molecule has 2 amide bonds. The highest BCUT2D eigenvalue weighted by Crippen LogP contribution is 2.42. The molecule has 5 nitrogen and oxygen atoms in total. The lowest BCUT2D eigenvalue weighted by Gasteiger charge is -2.45. The van der Waals surface area contributed by atoms with Gasteiger partial charge in [0.2, 0.25) is 5.91 Å². The average molecular weight is 356 g/mol. The van der Waals surface area contributed by atoms with E-state index in [4.69, 9.17) is 4.74 Å². The predicted octanol–water partition coefficient (Wildman–Crippen LogP) is 3.40. The van der Waals surface area contributed by atoms with E-state index in [0.717, 1.165) is 25.9 Å². The van der Waals surface area contributed by atoms with Gasteiger partial charge in [-0.05, 0) is 48.6 Å². The molecule has 0 unspecified atom stereocenters. The summed E-state index contributed by atoms with van der Waals surface area (Å²) in [6, 6.07) is 8.93. The second-order valence-electron chi connectivity index (χ2n) is 8.51. The Morgan fingerprint density at radius 2 is 2.00 bits per heavy atom. The number of benzene rings is 1. The first kappa shape index (κ1) is 17.4. The molecule has 0 bridgehead atoms. The minimum absolute atomic E-state index is 0.0396. The third-order valence-corrected chi connectivity index (χ3v) is 6.33. The Morgan fingerprint density at radius 3 is 2.62 bits per heavy atom. The van der Waals surface area contributed by atoms with Crippen LogP contribution in [0.25, 0.3) is 0 Å². The molecule has 2 saturated heterocycles. The highest BCUT2D eigenvalue weighted by molar-refractivity contribution is 5.81. The van der Waals surface area contributed by atoms with Gasteiger partial charge in [0.05, 0.1) is 5.54 Å². The largest absolute Gasteiger partial charge is 0.447 e. The predicted molar refractivity (Wildman–Crippen MR) is 99.0 cm³/mol. The van der Waals surface area contributed by atoms with Crippen molar-refractivity contribution < 1.29 is 14.3 Å². The van der Waals surface area contributed by atoms with E-state index < -0.39 is 0 Å². The maximum absolute atomic E-state index is 12.8. The van der Waals surface area contributed by atoms with Gasteiger partial charge in [0, 0.05) is 19.0 Å². The third kappa shape index (κ3) is 3.19. The van der Waals surface area contributed by atoms with Crippen LogP contribution in [0.5, 0.6) is 0 Å². The van der Waals surface area contributed by atoms with E-state index in [2.05, 4.69) is 43.4 Å². The first-order valence-electron chi connectivity index (χ1n) is 9.79. The number of carbonyl (C=O) groups excluding carboxylic acids is 2. The summed E-state index contributed by atoms with van der Waals surface area (Å²) in [7, 11) is 0. The number of amides is 2. The lowest BCUT2D eigenvalue weighted by molar-refractivity contribution is -0.142. The molecule has 2 heterocycles. The van der Waals surface area contributed by atoms with Crippen molar-refractivity contribution in [1.82, 2.24) is 10.2 Å². The van der Waals surface area contributed by atoms with Gasteiger partial charge >= 0.3 is 6.09 Å². The quantitative estimate of drug-likeness (QED) is 0.903. The van der Waals surface area contributed by atoms with E-state index in [0.29, 0.717) is 31.3 Å². The molecular formula is C21H28N2O3. The number of nitrogens with zero attached hydrogens (tertiary/aromatic N) is 1. The number of alkyl carbamates (subject to hydrolysis) is 1. The van der Waals surface area contributed by atoms with Crippen molar-refractivity contribution in [3.8, 4) is 0 Å². The molecule has 1 aromatic rings. The first-order valence-corrected chi connectivity index (χ1v) is 9.79. The van der Waals surface area contributed by atoms with Crippen LogP contribution in [0.15, 0.2) is 24.3 Å². The molecule has 4 rings (SSSR count). The zero-order chi connectivity index (χ0) is 18.3. The van der Waals surface area contributed by atoms with Crippen LogP contribution in [0.4, 0.5) is 4.79 Å². The van der Waals surface area contributed by atoms with Gasteiger partial charge in [-0.2, -0.15) is 0 Å². The number of piperidine rings is 1. The molecule has 3 fully saturated rings. The SMILES string of the molecule is CC(C)c1cccc(C2CCN(C(=O)[C@H]3C[C@]4(COC(=O)N4)C3)CC2)c1. The van der Waals surface area contributed by atoms with Gasteiger partial charge in [0.15, 0.2) is 0 Å². The first-order chi connectivity index (χ1) is 12.5. The van der Waals surface area contributed by atoms with Crippen molar-refractivity contribution >= 4 is 12.0 Å².